The zero-order chi connectivity index (χ0) is 28.6. The molecule has 1 unspecified atom stereocenters. The van der Waals surface area contributed by atoms with E-state index in [1.165, 1.54) is 0 Å². The molecule has 0 aromatic heterocycles. The van der Waals surface area contributed by atoms with Crippen LogP contribution in [0, 0.1) is 5.92 Å². The molecule has 0 bridgehead atoms. The van der Waals surface area contributed by atoms with Crippen molar-refractivity contribution in [3.63, 3.8) is 0 Å². The maximum Gasteiger partial charge on any atom is 0.336 e. The monoisotopic (exact) mass is 529 g/mol. The molecule has 0 saturated carbocycles. The Morgan fingerprint density at radius 3 is 2.28 bits per heavy atom. The lowest BCUT2D eigenvalue weighted by Gasteiger charge is -2.32. The molecular weight excluding hydrogens is 496 g/mol. The van der Waals surface area contributed by atoms with Gasteiger partial charge in [0.2, 0.25) is 5.69 Å². The minimum atomic E-state index is -1.02. The highest BCUT2D eigenvalue weighted by atomic mass is 16.4. The van der Waals surface area contributed by atoms with Gasteiger partial charge in [-0.3, -0.25) is 4.79 Å². The molecule has 0 spiro atoms. The lowest BCUT2D eigenvalue weighted by Crippen LogP contribution is -2.46. The Morgan fingerprint density at radius 1 is 1.03 bits per heavy atom. The van der Waals surface area contributed by atoms with Gasteiger partial charge in [-0.1, -0.05) is 19.9 Å². The number of ketones is 1. The molecule has 3 aliphatic rings. The molecule has 0 saturated heterocycles. The number of carbonyl (C=O) groups is 3. The average molecular weight is 530 g/mol. The lowest BCUT2D eigenvalue weighted by molar-refractivity contribution is -0.436. The summed E-state index contributed by atoms with van der Waals surface area (Å²) in [5, 5.41) is 30.7. The van der Waals surface area contributed by atoms with Gasteiger partial charge in [0.25, 0.3) is 0 Å². The molecule has 0 fully saturated rings. The van der Waals surface area contributed by atoms with Gasteiger partial charge >= 0.3 is 11.9 Å². The fourth-order valence-corrected chi connectivity index (χ4v) is 6.68. The number of hydrogen-bond acceptors (Lipinski definition) is 5. The minimum absolute atomic E-state index is 0.0263. The van der Waals surface area contributed by atoms with Gasteiger partial charge in [-0.2, -0.15) is 4.58 Å². The van der Waals surface area contributed by atoms with E-state index in [-0.39, 0.29) is 28.2 Å². The third-order valence-electron chi connectivity index (χ3n) is 8.52. The van der Waals surface area contributed by atoms with Crippen molar-refractivity contribution in [2.45, 2.75) is 52.4 Å². The normalized spacial score (nSPS) is 21.8. The lowest BCUT2D eigenvalue weighted by atomic mass is 9.68. The first-order valence-corrected chi connectivity index (χ1v) is 13.1. The van der Waals surface area contributed by atoms with Crippen molar-refractivity contribution in [1.29, 1.82) is 0 Å². The Kier molecular flexibility index (Phi) is 5.86. The number of rotatable bonds is 6. The zero-order valence-corrected chi connectivity index (χ0v) is 23.0. The van der Waals surface area contributed by atoms with Crippen molar-refractivity contribution < 1.29 is 34.3 Å². The average Bonchev–Trinajstić information content (AvgIpc) is 3.25. The van der Waals surface area contributed by atoms with Crippen molar-refractivity contribution in [3.8, 4) is 0 Å². The van der Waals surface area contributed by atoms with Crippen LogP contribution in [-0.4, -0.2) is 56.4 Å². The first-order valence-electron chi connectivity index (χ1n) is 13.1. The van der Waals surface area contributed by atoms with Gasteiger partial charge in [0.15, 0.2) is 17.4 Å². The van der Waals surface area contributed by atoms with E-state index >= 15 is 0 Å². The molecule has 5 rings (SSSR count). The SMILES string of the molecule is CCN1/C(=C\C2=C(O)C(C3=[N+](CC)c4ccc(C(=O)O)cc4C3(C)C)C2=O)C(C)(C)c2c(C(=O)O)cccc21. The van der Waals surface area contributed by atoms with Crippen LogP contribution in [0.2, 0.25) is 0 Å². The van der Waals surface area contributed by atoms with Crippen LogP contribution in [0.25, 0.3) is 0 Å². The predicted molar refractivity (Wildman–Crippen MR) is 148 cm³/mol. The second-order valence-electron chi connectivity index (χ2n) is 11.3. The molecule has 1 atom stereocenters. The molecule has 8 heteroatoms. The van der Waals surface area contributed by atoms with Gasteiger partial charge in [-0.15, -0.1) is 0 Å². The second-order valence-corrected chi connectivity index (χ2v) is 11.3. The van der Waals surface area contributed by atoms with Gasteiger partial charge in [0.05, 0.1) is 22.1 Å². The first kappa shape index (κ1) is 26.4. The van der Waals surface area contributed by atoms with Gasteiger partial charge in [-0.05, 0) is 58.0 Å². The van der Waals surface area contributed by atoms with Crippen LogP contribution in [-0.2, 0) is 15.6 Å². The van der Waals surface area contributed by atoms with Crippen molar-refractivity contribution in [3.05, 3.63) is 81.8 Å². The third-order valence-corrected chi connectivity index (χ3v) is 8.52. The molecule has 202 valence electrons. The van der Waals surface area contributed by atoms with Crippen LogP contribution in [0.15, 0.2) is 59.5 Å². The summed E-state index contributed by atoms with van der Waals surface area (Å²) in [4.78, 5) is 39.4. The molecular formula is C31H33N2O6+. The van der Waals surface area contributed by atoms with E-state index in [9.17, 15) is 29.7 Å². The number of likely N-dealkylation sites (N-methyl/N-ethyl adjacent to an activating group) is 1. The van der Waals surface area contributed by atoms with E-state index in [0.717, 1.165) is 28.3 Å². The Hall–Kier alpha value is -4.20. The summed E-state index contributed by atoms with van der Waals surface area (Å²) < 4.78 is 2.00. The number of fused-ring (bicyclic) bond motifs is 2. The zero-order valence-electron chi connectivity index (χ0n) is 23.0. The van der Waals surface area contributed by atoms with Crippen molar-refractivity contribution in [2.24, 2.45) is 5.92 Å². The van der Waals surface area contributed by atoms with Gasteiger partial charge in [-0.25, -0.2) is 9.59 Å². The fourth-order valence-electron chi connectivity index (χ4n) is 6.68. The largest absolute Gasteiger partial charge is 0.510 e. The maximum atomic E-state index is 13.8. The highest BCUT2D eigenvalue weighted by Crippen LogP contribution is 2.51. The van der Waals surface area contributed by atoms with E-state index in [1.807, 2.05) is 57.1 Å². The number of hydrogen-bond donors (Lipinski definition) is 3. The second kappa shape index (κ2) is 8.66. The van der Waals surface area contributed by atoms with E-state index in [4.69, 9.17) is 0 Å². The highest BCUT2D eigenvalue weighted by Gasteiger charge is 2.57. The summed E-state index contributed by atoms with van der Waals surface area (Å²) in [6, 6.07) is 10.2. The van der Waals surface area contributed by atoms with Gasteiger partial charge in [0, 0.05) is 40.5 Å². The van der Waals surface area contributed by atoms with E-state index in [0.29, 0.717) is 18.7 Å². The molecule has 39 heavy (non-hydrogen) atoms. The van der Waals surface area contributed by atoms with Gasteiger partial charge in [0.1, 0.15) is 12.3 Å². The summed E-state index contributed by atoms with van der Waals surface area (Å²) >= 11 is 0. The Bertz CT molecular complexity index is 1570. The molecule has 2 aliphatic heterocycles. The number of allylic oxidation sites excluding steroid dienone is 4. The summed E-state index contributed by atoms with van der Waals surface area (Å²) in [5.74, 6) is -3.11. The molecule has 2 heterocycles. The number of aromatic carboxylic acids is 2. The molecule has 3 N–H and O–H groups in total. The van der Waals surface area contributed by atoms with Crippen LogP contribution in [0.1, 0.15) is 73.4 Å². The highest BCUT2D eigenvalue weighted by molar-refractivity contribution is 6.23. The number of anilines is 1. The fraction of sp³-hybridized carbons (Fsp3) is 0.355. The maximum absolute atomic E-state index is 13.8. The van der Waals surface area contributed by atoms with Crippen molar-refractivity contribution >= 4 is 34.8 Å². The molecule has 8 nitrogen and oxygen atoms in total. The third kappa shape index (κ3) is 3.50. The molecule has 1 aliphatic carbocycles. The summed E-state index contributed by atoms with van der Waals surface area (Å²) in [6.07, 6.45) is 1.71. The Morgan fingerprint density at radius 2 is 1.72 bits per heavy atom. The number of nitrogens with zero attached hydrogens (tertiary/aromatic N) is 2. The summed E-state index contributed by atoms with van der Waals surface area (Å²) in [7, 11) is 0. The van der Waals surface area contributed by atoms with Crippen LogP contribution in [0.4, 0.5) is 11.4 Å². The number of aliphatic hydroxyl groups is 1. The molecule has 2 aromatic carbocycles. The van der Waals surface area contributed by atoms with E-state index in [1.54, 1.807) is 36.4 Å². The van der Waals surface area contributed by atoms with E-state index < -0.39 is 28.7 Å². The van der Waals surface area contributed by atoms with Crippen molar-refractivity contribution in [1.82, 2.24) is 0 Å². The molecule has 0 amide bonds. The standard InChI is InChI=1S/C31H32N2O6/c1-7-32-21-11-9-10-17(29(38)39)24(21)31(5,6)22(32)15-18-25(34)23(26(18)35)27-30(3,4)19-14-16(28(36)37)12-13-20(19)33(27)8-2/h9-15,23H,7-8H2,1-6H3,(H2-,34,35,36,37,38,39)/p+1/b22-15-. The van der Waals surface area contributed by atoms with Crippen LogP contribution >= 0.6 is 0 Å². The number of aliphatic hydroxyl groups excluding tert-OH is 1. The number of carbonyl (C=O) groups excluding carboxylic acids is 1. The van der Waals surface area contributed by atoms with Crippen molar-refractivity contribution in [2.75, 3.05) is 18.0 Å². The Balaban J connectivity index is 1.61. The number of carboxylic acids is 2. The predicted octanol–water partition coefficient (Wildman–Crippen LogP) is 5.19. The first-order chi connectivity index (χ1) is 18.3. The number of Topliss-reactive ketones (excluding diaryl/α,β-unsaturated/α-hetero) is 1. The summed E-state index contributed by atoms with van der Waals surface area (Å²) in [5.41, 5.74) is 3.79. The molecule has 0 radical (unpaired) electrons. The van der Waals surface area contributed by atoms with E-state index in [2.05, 4.69) is 0 Å². The van der Waals surface area contributed by atoms with Crippen LogP contribution in [0.3, 0.4) is 0 Å². The number of benzene rings is 2. The minimum Gasteiger partial charge on any atom is -0.510 e. The Labute approximate surface area is 227 Å². The topological polar surface area (TPSA) is 118 Å². The van der Waals surface area contributed by atoms with Gasteiger partial charge < -0.3 is 20.2 Å². The molecule has 2 aromatic rings. The number of carboxylic acid groups (broad SMARTS) is 2. The van der Waals surface area contributed by atoms with Crippen LogP contribution in [0.5, 0.6) is 0 Å². The smallest absolute Gasteiger partial charge is 0.336 e. The quantitative estimate of drug-likeness (QED) is 0.441. The van der Waals surface area contributed by atoms with Crippen LogP contribution < -0.4 is 4.90 Å². The summed E-state index contributed by atoms with van der Waals surface area (Å²) in [6.45, 7) is 12.8.